The highest BCUT2D eigenvalue weighted by Crippen LogP contribution is 2.20. The molecule has 76 valence electrons. The van der Waals surface area contributed by atoms with E-state index in [1.807, 2.05) is 6.92 Å². The average molecular weight is 209 g/mol. The first-order valence-electron chi connectivity index (χ1n) is 4.60. The lowest BCUT2D eigenvalue weighted by Crippen LogP contribution is -2.19. The van der Waals surface area contributed by atoms with Gasteiger partial charge in [-0.25, -0.2) is 0 Å². The zero-order valence-electron chi connectivity index (χ0n) is 8.76. The lowest BCUT2D eigenvalue weighted by atomic mass is 10.3. The molecule has 0 aliphatic heterocycles. The summed E-state index contributed by atoms with van der Waals surface area (Å²) in [6, 6.07) is 2.12. The molecule has 0 aromatic carbocycles. The molecule has 0 spiro atoms. The van der Waals surface area contributed by atoms with Crippen LogP contribution < -0.4 is 5.32 Å². The van der Waals surface area contributed by atoms with Crippen LogP contribution in [0.15, 0.2) is 18.2 Å². The van der Waals surface area contributed by atoms with Crippen LogP contribution in [0.2, 0.25) is 0 Å². The Morgan fingerprint density at radius 1 is 1.57 bits per heavy atom. The van der Waals surface area contributed by atoms with Crippen molar-refractivity contribution in [1.82, 2.24) is 5.32 Å². The van der Waals surface area contributed by atoms with E-state index in [0.717, 1.165) is 0 Å². The first kappa shape index (κ1) is 11.0. The number of hydrogen-bond acceptors (Lipinski definition) is 2. The summed E-state index contributed by atoms with van der Waals surface area (Å²) in [6.45, 7) is 6.64. The maximum atomic E-state index is 11.1. The van der Waals surface area contributed by atoms with Crippen LogP contribution in [-0.2, 0) is 11.3 Å². The third-order valence-corrected chi connectivity index (χ3v) is 3.12. The van der Waals surface area contributed by atoms with Gasteiger partial charge >= 0.3 is 0 Å². The van der Waals surface area contributed by atoms with Crippen LogP contribution in [0.3, 0.4) is 0 Å². The monoisotopic (exact) mass is 209 g/mol. The zero-order chi connectivity index (χ0) is 10.6. The highest BCUT2D eigenvalue weighted by Gasteiger charge is 2.01. The molecular formula is C11H15NOS. The van der Waals surface area contributed by atoms with Gasteiger partial charge in [-0.05, 0) is 38.5 Å². The van der Waals surface area contributed by atoms with Crippen molar-refractivity contribution in [2.45, 2.75) is 27.3 Å². The van der Waals surface area contributed by atoms with Gasteiger partial charge in [0, 0.05) is 9.75 Å². The van der Waals surface area contributed by atoms with Crippen LogP contribution in [0, 0.1) is 13.8 Å². The Morgan fingerprint density at radius 3 is 2.79 bits per heavy atom. The van der Waals surface area contributed by atoms with Gasteiger partial charge in [-0.3, -0.25) is 4.79 Å². The van der Waals surface area contributed by atoms with Crippen molar-refractivity contribution in [1.29, 1.82) is 0 Å². The number of nitrogens with one attached hydrogen (secondary N) is 1. The second-order valence-corrected chi connectivity index (χ2v) is 4.51. The van der Waals surface area contributed by atoms with Gasteiger partial charge in [-0.2, -0.15) is 0 Å². The molecule has 0 radical (unpaired) electrons. The Hall–Kier alpha value is -1.09. The van der Waals surface area contributed by atoms with E-state index in [0.29, 0.717) is 6.54 Å². The van der Waals surface area contributed by atoms with Gasteiger partial charge in [-0.1, -0.05) is 6.08 Å². The molecule has 1 aromatic rings. The molecule has 0 unspecified atom stereocenters. The lowest BCUT2D eigenvalue weighted by molar-refractivity contribution is -0.116. The quantitative estimate of drug-likeness (QED) is 0.762. The van der Waals surface area contributed by atoms with E-state index in [1.165, 1.54) is 21.4 Å². The second kappa shape index (κ2) is 4.96. The van der Waals surface area contributed by atoms with Crippen LogP contribution in [0.1, 0.15) is 22.2 Å². The van der Waals surface area contributed by atoms with Crippen molar-refractivity contribution in [2.24, 2.45) is 0 Å². The number of amides is 1. The van der Waals surface area contributed by atoms with E-state index in [1.54, 1.807) is 17.4 Å². The zero-order valence-corrected chi connectivity index (χ0v) is 9.57. The van der Waals surface area contributed by atoms with E-state index >= 15 is 0 Å². The van der Waals surface area contributed by atoms with Crippen molar-refractivity contribution in [3.63, 3.8) is 0 Å². The minimum absolute atomic E-state index is 0.0313. The van der Waals surface area contributed by atoms with Gasteiger partial charge in [0.2, 0.25) is 5.91 Å². The normalized spacial score (nSPS) is 10.8. The number of rotatable bonds is 3. The third kappa shape index (κ3) is 3.00. The van der Waals surface area contributed by atoms with Crippen LogP contribution in [0.5, 0.6) is 0 Å². The molecule has 3 heteroatoms. The number of thiophene rings is 1. The smallest absolute Gasteiger partial charge is 0.243 e. The molecule has 0 bridgehead atoms. The molecule has 1 rings (SSSR count). The molecule has 0 saturated heterocycles. The Kier molecular flexibility index (Phi) is 3.89. The second-order valence-electron chi connectivity index (χ2n) is 3.17. The SMILES string of the molecule is CC=CC(=O)NCc1cc(C)c(C)s1. The summed E-state index contributed by atoms with van der Waals surface area (Å²) in [7, 11) is 0. The minimum atomic E-state index is -0.0313. The van der Waals surface area contributed by atoms with Gasteiger partial charge in [0.15, 0.2) is 0 Å². The molecule has 1 heterocycles. The predicted octanol–water partition coefficient (Wildman–Crippen LogP) is 2.56. The van der Waals surface area contributed by atoms with Gasteiger partial charge in [0.05, 0.1) is 6.54 Å². The molecule has 2 nitrogen and oxygen atoms in total. The summed E-state index contributed by atoms with van der Waals surface area (Å²) in [4.78, 5) is 13.6. The molecule has 1 amide bonds. The topological polar surface area (TPSA) is 29.1 Å². The molecule has 14 heavy (non-hydrogen) atoms. The molecule has 0 saturated carbocycles. The summed E-state index contributed by atoms with van der Waals surface area (Å²) in [5.41, 5.74) is 1.30. The number of aryl methyl sites for hydroxylation is 2. The summed E-state index contributed by atoms with van der Waals surface area (Å²) >= 11 is 1.74. The van der Waals surface area contributed by atoms with Crippen LogP contribution in [-0.4, -0.2) is 5.91 Å². The van der Waals surface area contributed by atoms with Gasteiger partial charge in [0.25, 0.3) is 0 Å². The fourth-order valence-electron chi connectivity index (χ4n) is 1.12. The molecular weight excluding hydrogens is 194 g/mol. The minimum Gasteiger partial charge on any atom is -0.348 e. The van der Waals surface area contributed by atoms with Crippen molar-refractivity contribution in [2.75, 3.05) is 0 Å². The molecule has 1 N–H and O–H groups in total. The third-order valence-electron chi connectivity index (χ3n) is 1.97. The van der Waals surface area contributed by atoms with E-state index in [-0.39, 0.29) is 5.91 Å². The molecule has 0 aliphatic carbocycles. The highest BCUT2D eigenvalue weighted by atomic mass is 32.1. The number of allylic oxidation sites excluding steroid dienone is 1. The summed E-state index contributed by atoms with van der Waals surface area (Å²) in [6.07, 6.45) is 3.27. The molecule has 0 aliphatic rings. The van der Waals surface area contributed by atoms with Gasteiger partial charge < -0.3 is 5.32 Å². The van der Waals surface area contributed by atoms with Crippen molar-refractivity contribution in [3.05, 3.63) is 33.5 Å². The Morgan fingerprint density at radius 2 is 2.29 bits per heavy atom. The predicted molar refractivity (Wildman–Crippen MR) is 60.5 cm³/mol. The maximum absolute atomic E-state index is 11.1. The fourth-order valence-corrected chi connectivity index (χ4v) is 2.11. The number of carbonyl (C=O) groups excluding carboxylic acids is 1. The van der Waals surface area contributed by atoms with Gasteiger partial charge in [-0.15, -0.1) is 11.3 Å². The standard InChI is InChI=1S/C11H15NOS/c1-4-5-11(13)12-7-10-6-8(2)9(3)14-10/h4-6H,7H2,1-3H3,(H,12,13). The average Bonchev–Trinajstić information content (AvgIpc) is 2.44. The number of carbonyl (C=O) groups is 1. The highest BCUT2D eigenvalue weighted by molar-refractivity contribution is 7.12. The van der Waals surface area contributed by atoms with E-state index in [9.17, 15) is 4.79 Å². The molecule has 0 fully saturated rings. The Labute approximate surface area is 88.6 Å². The first-order chi connectivity index (χ1) is 6.63. The Bertz CT molecular complexity index is 333. The maximum Gasteiger partial charge on any atom is 0.243 e. The number of hydrogen-bond donors (Lipinski definition) is 1. The van der Waals surface area contributed by atoms with E-state index in [2.05, 4.69) is 25.2 Å². The van der Waals surface area contributed by atoms with E-state index < -0.39 is 0 Å². The van der Waals surface area contributed by atoms with Crippen LogP contribution >= 0.6 is 11.3 Å². The summed E-state index contributed by atoms with van der Waals surface area (Å²) in [5.74, 6) is -0.0313. The fraction of sp³-hybridized carbons (Fsp3) is 0.364. The van der Waals surface area contributed by atoms with Gasteiger partial charge in [0.1, 0.15) is 0 Å². The molecule has 1 aromatic heterocycles. The first-order valence-corrected chi connectivity index (χ1v) is 5.41. The largest absolute Gasteiger partial charge is 0.348 e. The van der Waals surface area contributed by atoms with Crippen molar-refractivity contribution < 1.29 is 4.79 Å². The summed E-state index contributed by atoms with van der Waals surface area (Å²) < 4.78 is 0. The van der Waals surface area contributed by atoms with Crippen LogP contribution in [0.25, 0.3) is 0 Å². The van der Waals surface area contributed by atoms with Crippen molar-refractivity contribution in [3.8, 4) is 0 Å². The van der Waals surface area contributed by atoms with Crippen molar-refractivity contribution >= 4 is 17.2 Å². The molecule has 0 atom stereocenters. The van der Waals surface area contributed by atoms with Crippen LogP contribution in [0.4, 0.5) is 0 Å². The lowest BCUT2D eigenvalue weighted by Gasteiger charge is -1.97. The summed E-state index contributed by atoms with van der Waals surface area (Å²) in [5, 5.41) is 2.83. The van der Waals surface area contributed by atoms with E-state index in [4.69, 9.17) is 0 Å². The Balaban J connectivity index is 2.50.